The molecular weight excluding hydrogens is 173 g/mol. The monoisotopic (exact) mass is 185 g/mol. The zero-order valence-electron chi connectivity index (χ0n) is 6.84. The van der Waals surface area contributed by atoms with Crippen molar-refractivity contribution in [2.75, 3.05) is 6.66 Å². The van der Waals surface area contributed by atoms with Crippen molar-refractivity contribution in [2.45, 2.75) is 5.78 Å². The van der Waals surface area contributed by atoms with Gasteiger partial charge in [-0.05, 0) is 5.56 Å². The Labute approximate surface area is 71.7 Å². The molecule has 0 saturated carbocycles. The molecule has 3 nitrogen and oxygen atoms in total. The molecule has 0 bridgehead atoms. The molecule has 0 fully saturated rings. The molecule has 0 heterocycles. The highest BCUT2D eigenvalue weighted by Crippen LogP contribution is 2.48. The smallest absolute Gasteiger partial charge is 0.218 e. The molecule has 0 spiro atoms. The van der Waals surface area contributed by atoms with Crippen LogP contribution in [0.1, 0.15) is 11.3 Å². The fourth-order valence-electron chi connectivity index (χ4n) is 0.927. The number of hydrogen-bond acceptors (Lipinski definition) is 2. The zero-order valence-corrected chi connectivity index (χ0v) is 7.74. The van der Waals surface area contributed by atoms with Gasteiger partial charge in [0.15, 0.2) is 0 Å². The summed E-state index contributed by atoms with van der Waals surface area (Å²) in [6.45, 7) is 1.27. The van der Waals surface area contributed by atoms with Crippen molar-refractivity contribution in [2.24, 2.45) is 5.73 Å². The summed E-state index contributed by atoms with van der Waals surface area (Å²) in [6.07, 6.45) is 0. The van der Waals surface area contributed by atoms with Gasteiger partial charge in [-0.15, -0.1) is 0 Å². The molecule has 12 heavy (non-hydrogen) atoms. The summed E-state index contributed by atoms with van der Waals surface area (Å²) in [5.74, 6) is -0.765. The fourth-order valence-corrected chi connectivity index (χ4v) is 1.65. The average Bonchev–Trinajstić information content (AvgIpc) is 2.03. The van der Waals surface area contributed by atoms with Crippen LogP contribution in [0.3, 0.4) is 0 Å². The van der Waals surface area contributed by atoms with Crippen LogP contribution in [0, 0.1) is 0 Å². The Morgan fingerprint density at radius 2 is 1.92 bits per heavy atom. The molecule has 1 aromatic rings. The van der Waals surface area contributed by atoms with Crippen LogP contribution >= 0.6 is 7.37 Å². The van der Waals surface area contributed by atoms with Gasteiger partial charge < -0.3 is 10.6 Å². The Morgan fingerprint density at radius 1 is 1.42 bits per heavy atom. The minimum absolute atomic E-state index is 0.700. The van der Waals surface area contributed by atoms with Crippen LogP contribution in [0.25, 0.3) is 0 Å². The summed E-state index contributed by atoms with van der Waals surface area (Å²) < 4.78 is 11.1. The molecule has 2 unspecified atom stereocenters. The summed E-state index contributed by atoms with van der Waals surface area (Å²) in [5.41, 5.74) is 6.26. The Kier molecular flexibility index (Phi) is 2.68. The van der Waals surface area contributed by atoms with E-state index in [1.54, 1.807) is 24.3 Å². The van der Waals surface area contributed by atoms with E-state index >= 15 is 0 Å². The van der Waals surface area contributed by atoms with Gasteiger partial charge in [0.2, 0.25) is 7.37 Å². The van der Waals surface area contributed by atoms with Gasteiger partial charge in [0.05, 0.1) is 0 Å². The van der Waals surface area contributed by atoms with E-state index < -0.39 is 13.2 Å². The molecule has 0 aliphatic heterocycles. The lowest BCUT2D eigenvalue weighted by atomic mass is 10.2. The maximum atomic E-state index is 11.1. The molecule has 2 atom stereocenters. The van der Waals surface area contributed by atoms with Crippen molar-refractivity contribution >= 4 is 7.37 Å². The van der Waals surface area contributed by atoms with Crippen molar-refractivity contribution in [3.05, 3.63) is 35.9 Å². The molecule has 1 aromatic carbocycles. The third kappa shape index (κ3) is 2.18. The van der Waals surface area contributed by atoms with Gasteiger partial charge in [-0.3, -0.25) is 4.57 Å². The normalized spacial score (nSPS) is 18.2. The van der Waals surface area contributed by atoms with Crippen molar-refractivity contribution < 1.29 is 9.46 Å². The highest BCUT2D eigenvalue weighted by molar-refractivity contribution is 7.57. The maximum absolute atomic E-state index is 11.1. The Bertz CT molecular complexity index is 293. The van der Waals surface area contributed by atoms with Crippen LogP contribution in [0.4, 0.5) is 0 Å². The summed E-state index contributed by atoms with van der Waals surface area (Å²) in [7, 11) is -3.20. The van der Waals surface area contributed by atoms with Gasteiger partial charge in [-0.2, -0.15) is 0 Å². The van der Waals surface area contributed by atoms with E-state index in [9.17, 15) is 9.46 Å². The molecule has 0 radical (unpaired) electrons. The third-order valence-electron chi connectivity index (χ3n) is 1.66. The Balaban J connectivity index is 2.94. The van der Waals surface area contributed by atoms with Crippen LogP contribution in [-0.2, 0) is 4.57 Å². The van der Waals surface area contributed by atoms with E-state index in [2.05, 4.69) is 0 Å². The van der Waals surface area contributed by atoms with Crippen LogP contribution in [0.15, 0.2) is 30.3 Å². The molecule has 0 aromatic heterocycles. The SMILES string of the molecule is CP(=O)(O)C(N)c1ccccc1. The van der Waals surface area contributed by atoms with Crippen molar-refractivity contribution in [3.63, 3.8) is 0 Å². The topological polar surface area (TPSA) is 63.3 Å². The Morgan fingerprint density at radius 3 is 2.33 bits per heavy atom. The second-order valence-electron chi connectivity index (χ2n) is 2.80. The summed E-state index contributed by atoms with van der Waals surface area (Å²) in [5, 5.41) is 0. The zero-order chi connectivity index (χ0) is 9.19. The van der Waals surface area contributed by atoms with Gasteiger partial charge in [0.25, 0.3) is 0 Å². The number of nitrogens with two attached hydrogens (primary N) is 1. The highest BCUT2D eigenvalue weighted by Gasteiger charge is 2.22. The predicted molar refractivity (Wildman–Crippen MR) is 49.1 cm³/mol. The second-order valence-corrected chi connectivity index (χ2v) is 5.24. The molecule has 0 aliphatic carbocycles. The standard InChI is InChI=1S/C8H12NO2P/c1-12(10,11)8(9)7-5-3-2-4-6-7/h2-6,8H,9H2,1H3,(H,10,11). The van der Waals surface area contributed by atoms with E-state index in [1.165, 1.54) is 6.66 Å². The van der Waals surface area contributed by atoms with Crippen molar-refractivity contribution in [1.82, 2.24) is 0 Å². The molecule has 0 saturated heterocycles. The molecule has 0 amide bonds. The highest BCUT2D eigenvalue weighted by atomic mass is 31.2. The summed E-state index contributed by atoms with van der Waals surface area (Å²) >= 11 is 0. The molecular formula is C8H12NO2P. The molecule has 4 heteroatoms. The number of benzene rings is 1. The van der Waals surface area contributed by atoms with E-state index in [4.69, 9.17) is 5.73 Å². The maximum Gasteiger partial charge on any atom is 0.218 e. The number of hydrogen-bond donors (Lipinski definition) is 2. The Hall–Kier alpha value is -0.630. The van der Waals surface area contributed by atoms with E-state index in [0.717, 1.165) is 0 Å². The number of rotatable bonds is 2. The lowest BCUT2D eigenvalue weighted by molar-refractivity contribution is 0.472. The minimum atomic E-state index is -3.20. The summed E-state index contributed by atoms with van der Waals surface area (Å²) in [6, 6.07) is 8.93. The largest absolute Gasteiger partial charge is 0.343 e. The van der Waals surface area contributed by atoms with E-state index in [-0.39, 0.29) is 0 Å². The van der Waals surface area contributed by atoms with Gasteiger partial charge in [-0.1, -0.05) is 30.3 Å². The van der Waals surface area contributed by atoms with Crippen molar-refractivity contribution in [1.29, 1.82) is 0 Å². The van der Waals surface area contributed by atoms with Gasteiger partial charge >= 0.3 is 0 Å². The minimum Gasteiger partial charge on any atom is -0.343 e. The van der Waals surface area contributed by atoms with E-state index in [0.29, 0.717) is 5.56 Å². The summed E-state index contributed by atoms with van der Waals surface area (Å²) in [4.78, 5) is 9.17. The lowest BCUT2D eigenvalue weighted by Gasteiger charge is -2.14. The predicted octanol–water partition coefficient (Wildman–Crippen LogP) is 1.54. The first-order valence-corrected chi connectivity index (χ1v) is 5.80. The van der Waals surface area contributed by atoms with Gasteiger partial charge in [0.1, 0.15) is 5.78 Å². The molecule has 1 rings (SSSR count). The van der Waals surface area contributed by atoms with Gasteiger partial charge in [0, 0.05) is 6.66 Å². The van der Waals surface area contributed by atoms with Gasteiger partial charge in [-0.25, -0.2) is 0 Å². The fraction of sp³-hybridized carbons (Fsp3) is 0.250. The quantitative estimate of drug-likeness (QED) is 0.687. The van der Waals surface area contributed by atoms with Crippen LogP contribution < -0.4 is 5.73 Å². The van der Waals surface area contributed by atoms with Crippen molar-refractivity contribution in [3.8, 4) is 0 Å². The first-order chi connectivity index (χ1) is 5.52. The van der Waals surface area contributed by atoms with Crippen LogP contribution in [-0.4, -0.2) is 11.6 Å². The second kappa shape index (κ2) is 3.40. The van der Waals surface area contributed by atoms with Crippen LogP contribution in [0.2, 0.25) is 0 Å². The average molecular weight is 185 g/mol. The molecule has 3 N–H and O–H groups in total. The third-order valence-corrected chi connectivity index (χ3v) is 2.99. The lowest BCUT2D eigenvalue weighted by Crippen LogP contribution is -2.09. The first-order valence-electron chi connectivity index (χ1n) is 3.62. The molecule has 0 aliphatic rings. The van der Waals surface area contributed by atoms with Crippen LogP contribution in [0.5, 0.6) is 0 Å². The molecule has 66 valence electrons. The first kappa shape index (κ1) is 9.46. The van der Waals surface area contributed by atoms with E-state index in [1.807, 2.05) is 6.07 Å².